The number of pyridine rings is 1. The molecule has 33 heavy (non-hydrogen) atoms. The smallest absolute Gasteiger partial charge is 0.261 e. The van der Waals surface area contributed by atoms with Crippen LogP contribution in [0.3, 0.4) is 0 Å². The molecule has 0 saturated heterocycles. The van der Waals surface area contributed by atoms with E-state index in [0.717, 1.165) is 27.3 Å². The Balaban J connectivity index is 1.76. The molecule has 0 aliphatic carbocycles. The number of nitrogens with zero attached hydrogens (tertiary/aromatic N) is 1. The number of unbranched alkanes of at least 4 members (excludes halogenated alkanes) is 2. The Labute approximate surface area is 188 Å². The maximum atomic E-state index is 13.2. The molecule has 2 heterocycles. The molecule has 166 valence electrons. The molecule has 0 aliphatic heterocycles. The summed E-state index contributed by atoms with van der Waals surface area (Å²) in [5.41, 5.74) is 2.40. The van der Waals surface area contributed by atoms with Crippen LogP contribution in [0.2, 0.25) is 0 Å². The fraction of sp³-hybridized carbons (Fsp3) is 0.185. The topological polar surface area (TPSA) is 61.4 Å². The molecule has 5 aromatic rings. The van der Waals surface area contributed by atoms with Crippen LogP contribution in [0.25, 0.3) is 49.1 Å². The zero-order valence-electron chi connectivity index (χ0n) is 18.0. The molecule has 0 radical (unpaired) electrons. The fourth-order valence-corrected chi connectivity index (χ4v) is 4.58. The maximum Gasteiger partial charge on any atom is 0.261 e. The predicted molar refractivity (Wildman–Crippen MR) is 131 cm³/mol. The van der Waals surface area contributed by atoms with E-state index in [1.165, 1.54) is 4.57 Å². The third kappa shape index (κ3) is 3.34. The first-order valence-electron chi connectivity index (χ1n) is 10.9. The van der Waals surface area contributed by atoms with Crippen molar-refractivity contribution in [2.24, 2.45) is 0 Å². The van der Waals surface area contributed by atoms with E-state index in [1.807, 2.05) is 24.3 Å². The Morgan fingerprint density at radius 2 is 1.61 bits per heavy atom. The van der Waals surface area contributed by atoms with E-state index in [9.17, 15) is 14.1 Å². The van der Waals surface area contributed by atoms with Gasteiger partial charge in [-0.3, -0.25) is 14.2 Å². The van der Waals surface area contributed by atoms with E-state index in [-0.39, 0.29) is 24.3 Å². The average Bonchev–Trinajstić information content (AvgIpc) is 2.84. The molecule has 0 unspecified atom stereocenters. The highest BCUT2D eigenvalue weighted by molar-refractivity contribution is 6.26. The van der Waals surface area contributed by atoms with Gasteiger partial charge in [-0.25, -0.2) is 0 Å². The van der Waals surface area contributed by atoms with Gasteiger partial charge in [0.25, 0.3) is 11.1 Å². The molecular formula is C27H22FNO4. The van der Waals surface area contributed by atoms with Gasteiger partial charge in [0.2, 0.25) is 0 Å². The minimum atomic E-state index is -0.322. The molecule has 0 bridgehead atoms. The standard InChI is InChI=1S/C27H22FNO4/c1-3-16(2)17-7-11-22-21(15-17)18-8-9-19-24-20(10-12-23(33-22)25(18)24)27(31)29(26(19)30)13-5-4-6-14-32-28/h3,7-12,15H,1-2,4-6,13-14H2. The van der Waals surface area contributed by atoms with E-state index >= 15 is 0 Å². The highest BCUT2D eigenvalue weighted by atomic mass is 19.3. The quantitative estimate of drug-likeness (QED) is 0.125. The lowest BCUT2D eigenvalue weighted by Gasteiger charge is -2.14. The zero-order chi connectivity index (χ0) is 23.1. The number of allylic oxidation sites excluding steroid dienone is 2. The lowest BCUT2D eigenvalue weighted by Crippen LogP contribution is -2.33. The van der Waals surface area contributed by atoms with Crippen LogP contribution in [0.4, 0.5) is 4.53 Å². The van der Waals surface area contributed by atoms with E-state index < -0.39 is 0 Å². The summed E-state index contributed by atoms with van der Waals surface area (Å²) in [6.07, 6.45) is 3.47. The number of hydrogen-bond donors (Lipinski definition) is 0. The largest absolute Gasteiger partial charge is 0.456 e. The predicted octanol–water partition coefficient (Wildman–Crippen LogP) is 6.12. The molecule has 2 aromatic heterocycles. The highest BCUT2D eigenvalue weighted by Gasteiger charge is 2.19. The number of rotatable bonds is 8. The van der Waals surface area contributed by atoms with E-state index in [2.05, 4.69) is 18.1 Å². The first kappa shape index (κ1) is 21.1. The molecule has 6 heteroatoms. The van der Waals surface area contributed by atoms with E-state index in [1.54, 1.807) is 24.3 Å². The monoisotopic (exact) mass is 443 g/mol. The van der Waals surface area contributed by atoms with Gasteiger partial charge in [-0.2, -0.15) is 4.94 Å². The van der Waals surface area contributed by atoms with Crippen molar-refractivity contribution in [3.63, 3.8) is 0 Å². The minimum Gasteiger partial charge on any atom is -0.456 e. The van der Waals surface area contributed by atoms with Gasteiger partial charge in [-0.05, 0) is 70.6 Å². The van der Waals surface area contributed by atoms with Crippen LogP contribution in [-0.2, 0) is 11.5 Å². The van der Waals surface area contributed by atoms with Crippen LogP contribution in [0.1, 0.15) is 24.8 Å². The minimum absolute atomic E-state index is 0.0128. The number of halogens is 1. The van der Waals surface area contributed by atoms with Crippen molar-refractivity contribution < 1.29 is 13.9 Å². The van der Waals surface area contributed by atoms with Crippen molar-refractivity contribution in [3.8, 4) is 0 Å². The van der Waals surface area contributed by atoms with Gasteiger partial charge in [0.15, 0.2) is 0 Å². The van der Waals surface area contributed by atoms with Crippen LogP contribution in [0, 0.1) is 0 Å². The van der Waals surface area contributed by atoms with Gasteiger partial charge in [-0.15, -0.1) is 0 Å². The molecule has 0 spiro atoms. The van der Waals surface area contributed by atoms with Crippen molar-refractivity contribution in [1.82, 2.24) is 4.57 Å². The summed E-state index contributed by atoms with van der Waals surface area (Å²) in [5, 5.41) is 4.14. The van der Waals surface area contributed by atoms with Gasteiger partial charge in [-0.1, -0.05) is 31.4 Å². The average molecular weight is 443 g/mol. The summed E-state index contributed by atoms with van der Waals surface area (Å²) in [7, 11) is 0. The molecule has 0 aliphatic rings. The van der Waals surface area contributed by atoms with Crippen LogP contribution in [0.15, 0.2) is 75.7 Å². The van der Waals surface area contributed by atoms with Gasteiger partial charge >= 0.3 is 0 Å². The van der Waals surface area contributed by atoms with Crippen LogP contribution in [0.5, 0.6) is 0 Å². The van der Waals surface area contributed by atoms with Crippen LogP contribution in [-0.4, -0.2) is 11.2 Å². The van der Waals surface area contributed by atoms with E-state index in [0.29, 0.717) is 46.6 Å². The lowest BCUT2D eigenvalue weighted by atomic mass is 9.95. The highest BCUT2D eigenvalue weighted by Crippen LogP contribution is 2.37. The molecule has 0 N–H and O–H groups in total. The summed E-state index contributed by atoms with van der Waals surface area (Å²) < 4.78 is 19.3. The summed E-state index contributed by atoms with van der Waals surface area (Å²) in [5.74, 6) is 0. The molecule has 0 atom stereocenters. The molecule has 0 amide bonds. The Kier molecular flexibility index (Phi) is 5.30. The van der Waals surface area contributed by atoms with Crippen LogP contribution < -0.4 is 11.1 Å². The van der Waals surface area contributed by atoms with Crippen LogP contribution >= 0.6 is 0 Å². The zero-order valence-corrected chi connectivity index (χ0v) is 18.0. The summed E-state index contributed by atoms with van der Waals surface area (Å²) >= 11 is 0. The molecule has 0 saturated carbocycles. The van der Waals surface area contributed by atoms with Gasteiger partial charge in [0.05, 0.1) is 6.61 Å². The van der Waals surface area contributed by atoms with Crippen molar-refractivity contribution >= 4 is 49.1 Å². The first-order chi connectivity index (χ1) is 16.0. The number of fused-ring (bicyclic) bond motifs is 2. The first-order valence-corrected chi connectivity index (χ1v) is 10.9. The number of aromatic nitrogens is 1. The Hall–Kier alpha value is -3.77. The van der Waals surface area contributed by atoms with E-state index in [4.69, 9.17) is 4.42 Å². The SMILES string of the molecule is C=CC(=C)c1ccc2oc3ccc4c(=O)n(CCCCCOF)c(=O)c5ccc(c2c1)c3c45. The van der Waals surface area contributed by atoms with Gasteiger partial charge in [0, 0.05) is 33.5 Å². The lowest BCUT2D eigenvalue weighted by molar-refractivity contribution is -0.133. The van der Waals surface area contributed by atoms with Crippen molar-refractivity contribution in [2.75, 3.05) is 6.61 Å². The number of benzene rings is 3. The second kappa shape index (κ2) is 8.30. The second-order valence-electron chi connectivity index (χ2n) is 8.20. The summed E-state index contributed by atoms with van der Waals surface area (Å²) in [6, 6.07) is 13.0. The maximum absolute atomic E-state index is 13.2. The van der Waals surface area contributed by atoms with Gasteiger partial charge in [0.1, 0.15) is 11.2 Å². The fourth-order valence-electron chi connectivity index (χ4n) is 4.58. The second-order valence-corrected chi connectivity index (χ2v) is 8.20. The third-order valence-corrected chi connectivity index (χ3v) is 6.28. The van der Waals surface area contributed by atoms with Crippen molar-refractivity contribution in [1.29, 1.82) is 0 Å². The Morgan fingerprint density at radius 1 is 0.909 bits per heavy atom. The molecule has 5 rings (SSSR count). The molecule has 0 fully saturated rings. The third-order valence-electron chi connectivity index (χ3n) is 6.28. The molecule has 3 aromatic carbocycles. The number of hydrogen-bond acceptors (Lipinski definition) is 4. The van der Waals surface area contributed by atoms with Crippen molar-refractivity contribution in [3.05, 3.63) is 88.0 Å². The summed E-state index contributed by atoms with van der Waals surface area (Å²) in [4.78, 5) is 30.1. The Bertz CT molecular complexity index is 1630. The van der Waals surface area contributed by atoms with Gasteiger partial charge < -0.3 is 4.42 Å². The summed E-state index contributed by atoms with van der Waals surface area (Å²) in [6.45, 7) is 8.11. The Morgan fingerprint density at radius 3 is 2.33 bits per heavy atom. The normalized spacial score (nSPS) is 11.8. The molecular weight excluding hydrogens is 421 g/mol. The molecule has 5 nitrogen and oxygen atoms in total. The van der Waals surface area contributed by atoms with Crippen molar-refractivity contribution in [2.45, 2.75) is 25.8 Å².